The number of carbonyl (C=O) groups is 2. The van der Waals surface area contributed by atoms with Crippen LogP contribution in [0.2, 0.25) is 0 Å². The van der Waals surface area contributed by atoms with E-state index in [4.69, 9.17) is 4.98 Å². The quantitative estimate of drug-likeness (QED) is 0.205. The first-order chi connectivity index (χ1) is 20.0. The number of hydrogen-bond acceptors (Lipinski definition) is 8. The molecule has 0 aromatic carbocycles. The summed E-state index contributed by atoms with van der Waals surface area (Å²) >= 11 is 1.37. The second-order valence-corrected chi connectivity index (χ2v) is 11.2. The number of thiophene rings is 1. The van der Waals surface area contributed by atoms with E-state index in [1.807, 2.05) is 6.07 Å². The summed E-state index contributed by atoms with van der Waals surface area (Å²) in [5.74, 6) is -0.287. The van der Waals surface area contributed by atoms with Crippen molar-refractivity contribution < 1.29 is 14.0 Å². The topological polar surface area (TPSA) is 142 Å². The van der Waals surface area contributed by atoms with Crippen molar-refractivity contribution in [2.75, 3.05) is 5.32 Å². The van der Waals surface area contributed by atoms with Gasteiger partial charge in [-0.05, 0) is 38.0 Å². The molecule has 41 heavy (non-hydrogen) atoms. The van der Waals surface area contributed by atoms with Gasteiger partial charge in [-0.1, -0.05) is 12.8 Å². The molecule has 0 aliphatic heterocycles. The Kier molecular flexibility index (Phi) is 6.11. The van der Waals surface area contributed by atoms with Gasteiger partial charge >= 0.3 is 0 Å². The standard InChI is InChI=1S/C29H23FN8O2S/c1-14(39)21-6-7-22(41-21)18-11-32-12-20-26(18)36-28(35-20)27-23-19(37-38-27)13-33-25(24(23)30)16-8-17(10-31-9-16)34-29(40)15-4-2-3-5-15/h6-13,15H,2-5H2,1H3,(H,34,40)(H,35,36)(H,37,38). The van der Waals surface area contributed by atoms with Crippen molar-refractivity contribution >= 4 is 50.7 Å². The molecule has 1 aliphatic carbocycles. The fourth-order valence-corrected chi connectivity index (χ4v) is 6.23. The maximum Gasteiger partial charge on any atom is 0.227 e. The summed E-state index contributed by atoms with van der Waals surface area (Å²) in [6.07, 6.45) is 11.8. The first-order valence-corrected chi connectivity index (χ1v) is 14.0. The lowest BCUT2D eigenvalue weighted by atomic mass is 10.1. The van der Waals surface area contributed by atoms with E-state index in [0.29, 0.717) is 38.5 Å². The van der Waals surface area contributed by atoms with Crippen LogP contribution in [0.5, 0.6) is 0 Å². The normalized spacial score (nSPS) is 13.8. The molecule has 1 fully saturated rings. The maximum atomic E-state index is 16.1. The number of fused-ring (bicyclic) bond motifs is 2. The van der Waals surface area contributed by atoms with Gasteiger partial charge in [0.25, 0.3) is 0 Å². The Balaban J connectivity index is 1.27. The van der Waals surface area contributed by atoms with E-state index < -0.39 is 5.82 Å². The van der Waals surface area contributed by atoms with Crippen LogP contribution in [-0.2, 0) is 4.79 Å². The molecule has 0 saturated heterocycles. The molecule has 0 unspecified atom stereocenters. The predicted molar refractivity (Wildman–Crippen MR) is 154 cm³/mol. The monoisotopic (exact) mass is 566 g/mol. The van der Waals surface area contributed by atoms with Gasteiger partial charge in [-0.25, -0.2) is 9.37 Å². The lowest BCUT2D eigenvalue weighted by Crippen LogP contribution is -2.20. The van der Waals surface area contributed by atoms with Crippen molar-refractivity contribution in [2.24, 2.45) is 5.92 Å². The highest BCUT2D eigenvalue weighted by Crippen LogP contribution is 2.36. The predicted octanol–water partition coefficient (Wildman–Crippen LogP) is 6.16. The van der Waals surface area contributed by atoms with Gasteiger partial charge < -0.3 is 10.3 Å². The summed E-state index contributed by atoms with van der Waals surface area (Å²) in [5, 5.41) is 10.3. The zero-order valence-corrected chi connectivity index (χ0v) is 22.7. The van der Waals surface area contributed by atoms with Crippen molar-refractivity contribution in [1.82, 2.24) is 35.1 Å². The number of aromatic amines is 2. The number of pyridine rings is 3. The number of Topliss-reactive ketones (excluding diaryl/α,β-unsaturated/α-hetero) is 1. The minimum atomic E-state index is -0.588. The van der Waals surface area contributed by atoms with Crippen LogP contribution in [0.3, 0.4) is 0 Å². The van der Waals surface area contributed by atoms with E-state index in [9.17, 15) is 9.59 Å². The Morgan fingerprint density at radius 3 is 2.66 bits per heavy atom. The SMILES string of the molecule is CC(=O)c1ccc(-c2cncc3[nH]c(-c4n[nH]c5cnc(-c6cncc(NC(=O)C7CCCC7)c6)c(F)c45)nc23)s1. The largest absolute Gasteiger partial charge is 0.335 e. The van der Waals surface area contributed by atoms with Crippen molar-refractivity contribution in [2.45, 2.75) is 32.6 Å². The average molecular weight is 567 g/mol. The number of hydrogen-bond donors (Lipinski definition) is 3. The molecule has 1 amide bonds. The number of aromatic nitrogens is 7. The number of imidazole rings is 1. The number of ketones is 1. The smallest absolute Gasteiger partial charge is 0.227 e. The average Bonchev–Trinajstić information content (AvgIpc) is 3.78. The Hall–Kier alpha value is -4.84. The van der Waals surface area contributed by atoms with Crippen LogP contribution < -0.4 is 5.32 Å². The highest BCUT2D eigenvalue weighted by Gasteiger charge is 2.24. The third-order valence-corrected chi connectivity index (χ3v) is 8.61. The van der Waals surface area contributed by atoms with Crippen LogP contribution in [0.1, 0.15) is 42.3 Å². The summed E-state index contributed by atoms with van der Waals surface area (Å²) in [4.78, 5) is 46.8. The number of halogens is 1. The van der Waals surface area contributed by atoms with E-state index >= 15 is 4.39 Å². The Bertz CT molecular complexity index is 1970. The second kappa shape index (κ2) is 9.97. The molecule has 1 saturated carbocycles. The van der Waals surface area contributed by atoms with Crippen LogP contribution in [0, 0.1) is 11.7 Å². The third kappa shape index (κ3) is 4.45. The molecule has 0 bridgehead atoms. The number of amides is 1. The van der Waals surface area contributed by atoms with Crippen LogP contribution >= 0.6 is 11.3 Å². The molecule has 6 aromatic rings. The van der Waals surface area contributed by atoms with Crippen molar-refractivity contribution in [3.63, 3.8) is 0 Å². The number of nitrogens with one attached hydrogen (secondary N) is 3. The molecule has 3 N–H and O–H groups in total. The third-order valence-electron chi connectivity index (χ3n) is 7.39. The van der Waals surface area contributed by atoms with Gasteiger partial charge in [0.1, 0.15) is 16.9 Å². The summed E-state index contributed by atoms with van der Waals surface area (Å²) in [6, 6.07) is 5.32. The van der Waals surface area contributed by atoms with Crippen molar-refractivity contribution in [1.29, 1.82) is 0 Å². The van der Waals surface area contributed by atoms with Crippen molar-refractivity contribution in [3.05, 3.63) is 59.9 Å². The molecule has 0 radical (unpaired) electrons. The Labute approximate surface area is 236 Å². The molecule has 7 rings (SSSR count). The number of rotatable bonds is 6. The highest BCUT2D eigenvalue weighted by molar-refractivity contribution is 7.17. The molecule has 6 aromatic heterocycles. The molecule has 10 nitrogen and oxygen atoms in total. The Morgan fingerprint density at radius 1 is 1.02 bits per heavy atom. The van der Waals surface area contributed by atoms with Gasteiger partial charge in [0.05, 0.1) is 45.6 Å². The second-order valence-electron chi connectivity index (χ2n) is 10.1. The summed E-state index contributed by atoms with van der Waals surface area (Å²) in [7, 11) is 0. The molecule has 6 heterocycles. The molecular formula is C29H23FN8O2S. The summed E-state index contributed by atoms with van der Waals surface area (Å²) < 4.78 is 16.1. The highest BCUT2D eigenvalue weighted by atomic mass is 32.1. The number of nitrogens with zero attached hydrogens (tertiary/aromatic N) is 5. The maximum absolute atomic E-state index is 16.1. The van der Waals surface area contributed by atoms with E-state index in [-0.39, 0.29) is 34.4 Å². The van der Waals surface area contributed by atoms with Gasteiger partial charge in [0.15, 0.2) is 17.4 Å². The molecule has 0 spiro atoms. The Morgan fingerprint density at radius 2 is 1.85 bits per heavy atom. The number of H-pyrrole nitrogens is 2. The number of carbonyl (C=O) groups excluding carboxylic acids is 2. The fraction of sp³-hybridized carbons (Fsp3) is 0.207. The van der Waals surface area contributed by atoms with E-state index in [1.165, 1.54) is 30.7 Å². The van der Waals surface area contributed by atoms with E-state index in [2.05, 4.69) is 35.5 Å². The van der Waals surface area contributed by atoms with Crippen LogP contribution in [0.4, 0.5) is 10.1 Å². The van der Waals surface area contributed by atoms with E-state index in [1.54, 1.807) is 30.7 Å². The molecule has 0 atom stereocenters. The molecular weight excluding hydrogens is 543 g/mol. The van der Waals surface area contributed by atoms with Gasteiger partial charge in [-0.3, -0.25) is 29.6 Å². The minimum absolute atomic E-state index is 0.00566. The zero-order chi connectivity index (χ0) is 28.1. The summed E-state index contributed by atoms with van der Waals surface area (Å²) in [5.41, 5.74) is 3.73. The fourth-order valence-electron chi connectivity index (χ4n) is 5.32. The first-order valence-electron chi connectivity index (χ1n) is 13.2. The van der Waals surface area contributed by atoms with Gasteiger partial charge in [0.2, 0.25) is 5.91 Å². The van der Waals surface area contributed by atoms with Gasteiger partial charge in [-0.2, -0.15) is 5.10 Å². The lowest BCUT2D eigenvalue weighted by molar-refractivity contribution is -0.119. The lowest BCUT2D eigenvalue weighted by Gasteiger charge is -2.11. The molecule has 204 valence electrons. The first kappa shape index (κ1) is 25.1. The number of anilines is 1. The van der Waals surface area contributed by atoms with Crippen molar-refractivity contribution in [3.8, 4) is 33.2 Å². The zero-order valence-electron chi connectivity index (χ0n) is 21.9. The van der Waals surface area contributed by atoms with Crippen LogP contribution in [-0.4, -0.2) is 46.8 Å². The van der Waals surface area contributed by atoms with Gasteiger partial charge in [0, 0.05) is 34.3 Å². The summed E-state index contributed by atoms with van der Waals surface area (Å²) in [6.45, 7) is 1.53. The molecule has 1 aliphatic rings. The molecule has 12 heteroatoms. The van der Waals surface area contributed by atoms with Crippen LogP contribution in [0.15, 0.2) is 49.2 Å². The van der Waals surface area contributed by atoms with Crippen LogP contribution in [0.25, 0.3) is 55.2 Å². The van der Waals surface area contributed by atoms with E-state index in [0.717, 1.165) is 36.1 Å². The minimum Gasteiger partial charge on any atom is -0.335 e. The van der Waals surface area contributed by atoms with Gasteiger partial charge in [-0.15, -0.1) is 11.3 Å².